The van der Waals surface area contributed by atoms with Gasteiger partial charge in [-0.2, -0.15) is 4.39 Å². The number of rotatable bonds is 3. The van der Waals surface area contributed by atoms with Gasteiger partial charge >= 0.3 is 0 Å². The highest BCUT2D eigenvalue weighted by atomic mass is 19.2. The Balaban J connectivity index is 2.21. The summed E-state index contributed by atoms with van der Waals surface area (Å²) in [6.07, 6.45) is -0.579. The maximum absolute atomic E-state index is 13.4. The Morgan fingerprint density at radius 1 is 1.06 bits per heavy atom. The molecule has 2 aromatic carbocycles. The van der Waals surface area contributed by atoms with Gasteiger partial charge in [0.25, 0.3) is 0 Å². The van der Waals surface area contributed by atoms with Crippen molar-refractivity contribution in [1.29, 1.82) is 0 Å². The van der Waals surface area contributed by atoms with Crippen LogP contribution in [0, 0.1) is 11.6 Å². The lowest BCUT2D eigenvalue weighted by molar-refractivity contribution is 0.199. The molecule has 0 aromatic heterocycles. The van der Waals surface area contributed by atoms with E-state index in [9.17, 15) is 13.9 Å². The van der Waals surface area contributed by atoms with E-state index in [1.54, 1.807) is 31.2 Å². The summed E-state index contributed by atoms with van der Waals surface area (Å²) in [4.78, 5) is 0. The van der Waals surface area contributed by atoms with E-state index in [0.29, 0.717) is 5.75 Å². The number of aliphatic hydroxyl groups excluding tert-OH is 1. The molecule has 1 N–H and O–H groups in total. The lowest BCUT2D eigenvalue weighted by Crippen LogP contribution is -1.93. The first kappa shape index (κ1) is 12.5. The zero-order valence-electron chi connectivity index (χ0n) is 9.73. The second-order valence-electron chi connectivity index (χ2n) is 3.90. The van der Waals surface area contributed by atoms with Crippen molar-refractivity contribution in [3.8, 4) is 11.5 Å². The van der Waals surface area contributed by atoms with Crippen molar-refractivity contribution in [2.45, 2.75) is 13.0 Å². The molecule has 4 heteroatoms. The average Bonchev–Trinajstić information content (AvgIpc) is 2.36. The summed E-state index contributed by atoms with van der Waals surface area (Å²) < 4.78 is 31.5. The lowest BCUT2D eigenvalue weighted by atomic mass is 10.1. The first-order valence-electron chi connectivity index (χ1n) is 5.48. The second kappa shape index (κ2) is 5.14. The Bertz CT molecular complexity index is 536. The molecule has 0 saturated heterocycles. The number of ether oxygens (including phenoxy) is 1. The Kier molecular flexibility index (Phi) is 3.58. The zero-order chi connectivity index (χ0) is 13.1. The van der Waals surface area contributed by atoms with E-state index in [4.69, 9.17) is 4.74 Å². The van der Waals surface area contributed by atoms with Gasteiger partial charge in [0, 0.05) is 0 Å². The van der Waals surface area contributed by atoms with Crippen LogP contribution in [0.4, 0.5) is 8.78 Å². The van der Waals surface area contributed by atoms with Crippen molar-refractivity contribution >= 4 is 0 Å². The van der Waals surface area contributed by atoms with Gasteiger partial charge in [-0.05, 0) is 36.8 Å². The lowest BCUT2D eigenvalue weighted by Gasteiger charge is -2.09. The van der Waals surface area contributed by atoms with Gasteiger partial charge in [0.15, 0.2) is 11.6 Å². The fourth-order valence-corrected chi connectivity index (χ4v) is 1.50. The summed E-state index contributed by atoms with van der Waals surface area (Å²) >= 11 is 0. The molecule has 0 saturated carbocycles. The van der Waals surface area contributed by atoms with Crippen LogP contribution in [-0.4, -0.2) is 5.11 Å². The predicted molar refractivity (Wildman–Crippen MR) is 63.5 cm³/mol. The van der Waals surface area contributed by atoms with Gasteiger partial charge in [-0.15, -0.1) is 0 Å². The van der Waals surface area contributed by atoms with Crippen LogP contribution in [0.3, 0.4) is 0 Å². The van der Waals surface area contributed by atoms with Gasteiger partial charge < -0.3 is 9.84 Å². The van der Waals surface area contributed by atoms with Crippen molar-refractivity contribution in [2.75, 3.05) is 0 Å². The number of aliphatic hydroxyl groups is 1. The van der Waals surface area contributed by atoms with Gasteiger partial charge in [-0.1, -0.05) is 18.2 Å². The Labute approximate surface area is 103 Å². The second-order valence-corrected chi connectivity index (χ2v) is 3.90. The van der Waals surface area contributed by atoms with E-state index >= 15 is 0 Å². The van der Waals surface area contributed by atoms with Crippen molar-refractivity contribution < 1.29 is 18.6 Å². The molecule has 0 aliphatic carbocycles. The SMILES string of the molecule is C[C@H](O)c1ccc(Oc2cccc(F)c2F)cc1. The largest absolute Gasteiger partial charge is 0.454 e. The van der Waals surface area contributed by atoms with E-state index in [1.807, 2.05) is 0 Å². The summed E-state index contributed by atoms with van der Waals surface area (Å²) in [6.45, 7) is 1.64. The van der Waals surface area contributed by atoms with Crippen LogP contribution in [0.2, 0.25) is 0 Å². The zero-order valence-corrected chi connectivity index (χ0v) is 9.73. The third-order valence-electron chi connectivity index (χ3n) is 2.51. The van der Waals surface area contributed by atoms with E-state index < -0.39 is 17.7 Å². The highest BCUT2D eigenvalue weighted by Gasteiger charge is 2.09. The molecule has 0 bridgehead atoms. The topological polar surface area (TPSA) is 29.5 Å². The van der Waals surface area contributed by atoms with Gasteiger partial charge in [-0.3, -0.25) is 0 Å². The van der Waals surface area contributed by atoms with Crippen LogP contribution in [0.5, 0.6) is 11.5 Å². The Morgan fingerprint density at radius 3 is 2.33 bits per heavy atom. The molecule has 0 aliphatic heterocycles. The summed E-state index contributed by atoms with van der Waals surface area (Å²) in [7, 11) is 0. The van der Waals surface area contributed by atoms with Gasteiger partial charge in [-0.25, -0.2) is 4.39 Å². The highest BCUT2D eigenvalue weighted by Crippen LogP contribution is 2.26. The molecule has 0 amide bonds. The highest BCUT2D eigenvalue weighted by molar-refractivity contribution is 5.34. The van der Waals surface area contributed by atoms with Crippen molar-refractivity contribution in [2.24, 2.45) is 0 Å². The van der Waals surface area contributed by atoms with Crippen LogP contribution in [0.25, 0.3) is 0 Å². The molecular weight excluding hydrogens is 238 g/mol. The standard InChI is InChI=1S/C14H12F2O2/c1-9(17)10-5-7-11(8-6-10)18-13-4-2-3-12(15)14(13)16/h2-9,17H,1H3/t9-/m0/s1. The summed E-state index contributed by atoms with van der Waals surface area (Å²) in [5, 5.41) is 9.33. The van der Waals surface area contributed by atoms with E-state index in [-0.39, 0.29) is 5.75 Å². The smallest absolute Gasteiger partial charge is 0.201 e. The number of hydrogen-bond donors (Lipinski definition) is 1. The summed E-state index contributed by atoms with van der Waals surface area (Å²) in [6, 6.07) is 10.3. The molecular formula is C14H12F2O2. The van der Waals surface area contributed by atoms with Crippen LogP contribution in [0.15, 0.2) is 42.5 Å². The van der Waals surface area contributed by atoms with E-state index in [1.165, 1.54) is 12.1 Å². The van der Waals surface area contributed by atoms with Gasteiger partial charge in [0.2, 0.25) is 5.82 Å². The third kappa shape index (κ3) is 2.65. The normalized spacial score (nSPS) is 12.2. The molecule has 1 atom stereocenters. The van der Waals surface area contributed by atoms with Crippen LogP contribution < -0.4 is 4.74 Å². The maximum atomic E-state index is 13.4. The fraction of sp³-hybridized carbons (Fsp3) is 0.143. The minimum absolute atomic E-state index is 0.167. The minimum Gasteiger partial charge on any atom is -0.454 e. The fourth-order valence-electron chi connectivity index (χ4n) is 1.50. The van der Waals surface area contributed by atoms with Crippen molar-refractivity contribution in [3.63, 3.8) is 0 Å². The molecule has 94 valence electrons. The minimum atomic E-state index is -1.02. The number of halogens is 2. The molecule has 0 heterocycles. The van der Waals surface area contributed by atoms with Crippen LogP contribution in [0.1, 0.15) is 18.6 Å². The molecule has 2 aromatic rings. The van der Waals surface area contributed by atoms with Crippen molar-refractivity contribution in [1.82, 2.24) is 0 Å². The summed E-state index contributed by atoms with van der Waals surface area (Å²) in [5.74, 6) is -1.76. The Hall–Kier alpha value is -1.94. The van der Waals surface area contributed by atoms with E-state index in [2.05, 4.69) is 0 Å². The molecule has 0 unspecified atom stereocenters. The molecule has 0 spiro atoms. The van der Waals surface area contributed by atoms with Crippen molar-refractivity contribution in [3.05, 3.63) is 59.7 Å². The quantitative estimate of drug-likeness (QED) is 0.897. The van der Waals surface area contributed by atoms with Gasteiger partial charge in [0.1, 0.15) is 5.75 Å². The number of hydrogen-bond acceptors (Lipinski definition) is 2. The first-order chi connectivity index (χ1) is 8.58. The van der Waals surface area contributed by atoms with E-state index in [0.717, 1.165) is 11.6 Å². The van der Waals surface area contributed by atoms with Crippen LogP contribution in [-0.2, 0) is 0 Å². The third-order valence-corrected chi connectivity index (χ3v) is 2.51. The molecule has 2 rings (SSSR count). The summed E-state index contributed by atoms with van der Waals surface area (Å²) in [5.41, 5.74) is 0.724. The first-order valence-corrected chi connectivity index (χ1v) is 5.48. The number of benzene rings is 2. The molecule has 2 nitrogen and oxygen atoms in total. The van der Waals surface area contributed by atoms with Crippen LogP contribution >= 0.6 is 0 Å². The average molecular weight is 250 g/mol. The monoisotopic (exact) mass is 250 g/mol. The Morgan fingerprint density at radius 2 is 1.72 bits per heavy atom. The molecule has 0 fully saturated rings. The maximum Gasteiger partial charge on any atom is 0.201 e. The molecule has 18 heavy (non-hydrogen) atoms. The predicted octanol–water partition coefficient (Wildman–Crippen LogP) is 3.81. The molecule has 0 radical (unpaired) electrons. The van der Waals surface area contributed by atoms with Gasteiger partial charge in [0.05, 0.1) is 6.10 Å². The molecule has 0 aliphatic rings.